The van der Waals surface area contributed by atoms with Gasteiger partial charge in [0.2, 0.25) is 0 Å². The van der Waals surface area contributed by atoms with Crippen molar-refractivity contribution in [1.82, 2.24) is 4.90 Å². The third kappa shape index (κ3) is 4.19. The highest BCUT2D eigenvalue weighted by atomic mass is 35.5. The predicted octanol–water partition coefficient (Wildman–Crippen LogP) is 4.04. The Kier molecular flexibility index (Phi) is 5.38. The third-order valence-electron chi connectivity index (χ3n) is 3.73. The fourth-order valence-electron chi connectivity index (χ4n) is 2.74. The summed E-state index contributed by atoms with van der Waals surface area (Å²) in [5, 5.41) is 0.727. The Bertz CT molecular complexity index is 490. The molecule has 2 nitrogen and oxygen atoms in total. The van der Waals surface area contributed by atoms with Gasteiger partial charge in [-0.15, -0.1) is 0 Å². The number of carbonyl (C=O) groups excluding carboxylic acids is 1. The first-order valence-electron chi connectivity index (χ1n) is 7.21. The second kappa shape index (κ2) is 7.05. The zero-order valence-corrected chi connectivity index (χ0v) is 13.0. The Morgan fingerprint density at radius 3 is 2.60 bits per heavy atom. The number of ketones is 1. The van der Waals surface area contributed by atoms with E-state index in [1.807, 2.05) is 44.4 Å². The molecule has 3 heteroatoms. The Labute approximate surface area is 126 Å². The Balaban J connectivity index is 2.20. The van der Waals surface area contributed by atoms with Crippen LogP contribution in [0.5, 0.6) is 0 Å². The second-order valence-electron chi connectivity index (χ2n) is 5.79. The van der Waals surface area contributed by atoms with E-state index in [9.17, 15) is 4.79 Å². The van der Waals surface area contributed by atoms with Crippen molar-refractivity contribution >= 4 is 23.5 Å². The highest BCUT2D eigenvalue weighted by Gasteiger charge is 2.24. The molecule has 1 saturated carbocycles. The lowest BCUT2D eigenvalue weighted by Crippen LogP contribution is -2.27. The average molecular weight is 292 g/mol. The summed E-state index contributed by atoms with van der Waals surface area (Å²) in [5.41, 5.74) is 2.03. The molecule has 2 rings (SSSR count). The molecule has 1 aromatic carbocycles. The van der Waals surface area contributed by atoms with Gasteiger partial charge in [-0.1, -0.05) is 30.2 Å². The van der Waals surface area contributed by atoms with E-state index >= 15 is 0 Å². The maximum Gasteiger partial charge on any atom is 0.163 e. The standard InChI is InChI=1S/C17H22ClNO/c1-19(2)12-15-6-4-3-5-14(17(15)20)11-13-7-9-16(18)10-8-13/h7-11,15H,3-6,12H2,1-2H3. The number of nitrogens with zero attached hydrogens (tertiary/aromatic N) is 1. The molecule has 1 fully saturated rings. The van der Waals surface area contributed by atoms with Gasteiger partial charge in [-0.3, -0.25) is 4.79 Å². The van der Waals surface area contributed by atoms with E-state index in [1.54, 1.807) is 0 Å². The number of hydrogen-bond acceptors (Lipinski definition) is 2. The molecule has 0 N–H and O–H groups in total. The summed E-state index contributed by atoms with van der Waals surface area (Å²) in [6.45, 7) is 0.844. The molecule has 0 spiro atoms. The SMILES string of the molecule is CN(C)CC1CCCCC(=Cc2ccc(Cl)cc2)C1=O. The normalized spacial score (nSPS) is 22.3. The number of halogens is 1. The van der Waals surface area contributed by atoms with Crippen molar-refractivity contribution in [2.24, 2.45) is 5.92 Å². The zero-order valence-electron chi connectivity index (χ0n) is 12.2. The Morgan fingerprint density at radius 1 is 1.25 bits per heavy atom. The van der Waals surface area contributed by atoms with Crippen LogP contribution < -0.4 is 0 Å². The van der Waals surface area contributed by atoms with Crippen LogP contribution in [0.3, 0.4) is 0 Å². The van der Waals surface area contributed by atoms with Gasteiger partial charge in [0, 0.05) is 17.5 Å². The summed E-state index contributed by atoms with van der Waals surface area (Å²) < 4.78 is 0. The summed E-state index contributed by atoms with van der Waals surface area (Å²) in [7, 11) is 4.06. The lowest BCUT2D eigenvalue weighted by molar-refractivity contribution is -0.119. The Hall–Kier alpha value is -1.12. The topological polar surface area (TPSA) is 20.3 Å². The summed E-state index contributed by atoms with van der Waals surface area (Å²) in [6, 6.07) is 7.67. The first-order valence-corrected chi connectivity index (χ1v) is 7.59. The van der Waals surface area contributed by atoms with Crippen LogP contribution in [0.4, 0.5) is 0 Å². The largest absolute Gasteiger partial charge is 0.309 e. The first-order chi connectivity index (χ1) is 9.56. The summed E-state index contributed by atoms with van der Waals surface area (Å²) in [6.07, 6.45) is 6.18. The minimum Gasteiger partial charge on any atom is -0.309 e. The van der Waals surface area contributed by atoms with E-state index in [0.717, 1.165) is 48.4 Å². The quantitative estimate of drug-likeness (QED) is 0.619. The van der Waals surface area contributed by atoms with Crippen molar-refractivity contribution in [3.8, 4) is 0 Å². The van der Waals surface area contributed by atoms with Gasteiger partial charge in [0.1, 0.15) is 0 Å². The van der Waals surface area contributed by atoms with E-state index in [1.165, 1.54) is 0 Å². The summed E-state index contributed by atoms with van der Waals surface area (Å²) in [4.78, 5) is 14.7. The molecule has 0 saturated heterocycles. The summed E-state index contributed by atoms with van der Waals surface area (Å²) >= 11 is 5.90. The molecule has 1 aliphatic carbocycles. The van der Waals surface area contributed by atoms with E-state index in [4.69, 9.17) is 11.6 Å². The molecule has 1 aromatic rings. The van der Waals surface area contributed by atoms with Crippen LogP contribution in [0.2, 0.25) is 5.02 Å². The van der Waals surface area contributed by atoms with Gasteiger partial charge in [0.25, 0.3) is 0 Å². The predicted molar refractivity (Wildman–Crippen MR) is 84.9 cm³/mol. The number of benzene rings is 1. The van der Waals surface area contributed by atoms with Crippen molar-refractivity contribution in [3.63, 3.8) is 0 Å². The van der Waals surface area contributed by atoms with Gasteiger partial charge in [-0.05, 0) is 62.7 Å². The van der Waals surface area contributed by atoms with Gasteiger partial charge in [0.15, 0.2) is 5.78 Å². The molecular formula is C17H22ClNO. The van der Waals surface area contributed by atoms with Gasteiger partial charge in [-0.2, -0.15) is 0 Å². The van der Waals surface area contributed by atoms with E-state index < -0.39 is 0 Å². The van der Waals surface area contributed by atoms with E-state index in [2.05, 4.69) is 4.90 Å². The monoisotopic (exact) mass is 291 g/mol. The van der Waals surface area contributed by atoms with Crippen molar-refractivity contribution in [2.75, 3.05) is 20.6 Å². The first kappa shape index (κ1) is 15.3. The van der Waals surface area contributed by atoms with Crippen LogP contribution in [0.1, 0.15) is 31.2 Å². The molecule has 108 valence electrons. The Morgan fingerprint density at radius 2 is 1.95 bits per heavy atom. The molecule has 1 atom stereocenters. The molecule has 1 aliphatic rings. The van der Waals surface area contributed by atoms with Gasteiger partial charge in [0.05, 0.1) is 0 Å². The van der Waals surface area contributed by atoms with Crippen LogP contribution in [-0.4, -0.2) is 31.3 Å². The molecule has 1 unspecified atom stereocenters. The average Bonchev–Trinajstić information content (AvgIpc) is 2.56. The minimum absolute atomic E-state index is 0.144. The lowest BCUT2D eigenvalue weighted by atomic mass is 9.94. The number of Topliss-reactive ketones (excluding diaryl/α,β-unsaturated/α-hetero) is 1. The molecule has 0 bridgehead atoms. The van der Waals surface area contributed by atoms with E-state index in [0.29, 0.717) is 5.78 Å². The van der Waals surface area contributed by atoms with Crippen LogP contribution in [-0.2, 0) is 4.79 Å². The van der Waals surface area contributed by atoms with Gasteiger partial charge < -0.3 is 4.90 Å². The number of rotatable bonds is 3. The van der Waals surface area contributed by atoms with Crippen molar-refractivity contribution in [1.29, 1.82) is 0 Å². The third-order valence-corrected chi connectivity index (χ3v) is 3.98. The number of hydrogen-bond donors (Lipinski definition) is 0. The zero-order chi connectivity index (χ0) is 14.5. The minimum atomic E-state index is 0.144. The van der Waals surface area contributed by atoms with Crippen LogP contribution in [0, 0.1) is 5.92 Å². The van der Waals surface area contributed by atoms with E-state index in [-0.39, 0.29) is 5.92 Å². The highest BCUT2D eigenvalue weighted by molar-refractivity contribution is 6.30. The maximum atomic E-state index is 12.6. The number of allylic oxidation sites excluding steroid dienone is 1. The second-order valence-corrected chi connectivity index (χ2v) is 6.23. The van der Waals surface area contributed by atoms with Crippen LogP contribution >= 0.6 is 11.6 Å². The molecule has 0 aliphatic heterocycles. The molecule has 20 heavy (non-hydrogen) atoms. The smallest absolute Gasteiger partial charge is 0.163 e. The number of carbonyl (C=O) groups is 1. The maximum absolute atomic E-state index is 12.6. The van der Waals surface area contributed by atoms with Crippen molar-refractivity contribution in [2.45, 2.75) is 25.7 Å². The van der Waals surface area contributed by atoms with Crippen LogP contribution in [0.15, 0.2) is 29.8 Å². The van der Waals surface area contributed by atoms with Crippen molar-refractivity contribution < 1.29 is 4.79 Å². The molecule has 0 amide bonds. The molecule has 0 heterocycles. The van der Waals surface area contributed by atoms with Crippen molar-refractivity contribution in [3.05, 3.63) is 40.4 Å². The molecule has 0 radical (unpaired) electrons. The molecule has 0 aromatic heterocycles. The highest BCUT2D eigenvalue weighted by Crippen LogP contribution is 2.26. The summed E-state index contributed by atoms with van der Waals surface area (Å²) in [5.74, 6) is 0.470. The fourth-order valence-corrected chi connectivity index (χ4v) is 2.87. The molecular weight excluding hydrogens is 270 g/mol. The van der Waals surface area contributed by atoms with Gasteiger partial charge in [-0.25, -0.2) is 0 Å². The fraction of sp³-hybridized carbons (Fsp3) is 0.471. The van der Waals surface area contributed by atoms with Gasteiger partial charge >= 0.3 is 0 Å². The lowest BCUT2D eigenvalue weighted by Gasteiger charge is -2.18. The van der Waals surface area contributed by atoms with Crippen LogP contribution in [0.25, 0.3) is 6.08 Å².